The lowest BCUT2D eigenvalue weighted by Gasteiger charge is -2.15. The van der Waals surface area contributed by atoms with Crippen molar-refractivity contribution in [1.82, 2.24) is 10.3 Å². The summed E-state index contributed by atoms with van der Waals surface area (Å²) < 4.78 is 10.5. The number of aliphatic hydroxyl groups is 1. The van der Waals surface area contributed by atoms with Crippen LogP contribution >= 0.6 is 0 Å². The van der Waals surface area contributed by atoms with Crippen molar-refractivity contribution < 1.29 is 23.8 Å². The molecule has 7 nitrogen and oxygen atoms in total. The van der Waals surface area contributed by atoms with Gasteiger partial charge in [0.05, 0.1) is 6.61 Å². The first-order valence-corrected chi connectivity index (χ1v) is 8.30. The number of benzene rings is 2. The molecule has 7 heteroatoms. The molecule has 0 aliphatic heterocycles. The van der Waals surface area contributed by atoms with E-state index in [2.05, 4.69) is 10.3 Å². The number of rotatable bonds is 7. The van der Waals surface area contributed by atoms with Gasteiger partial charge in [0.1, 0.15) is 18.6 Å². The Morgan fingerprint density at radius 2 is 1.74 bits per heavy atom. The van der Waals surface area contributed by atoms with Crippen molar-refractivity contribution in [3.8, 4) is 11.5 Å². The lowest BCUT2D eigenvalue weighted by atomic mass is 10.2. The van der Waals surface area contributed by atoms with Crippen LogP contribution in [-0.4, -0.2) is 34.6 Å². The molecule has 0 saturated carbocycles. The van der Waals surface area contributed by atoms with Crippen LogP contribution in [0, 0.1) is 0 Å². The fourth-order valence-electron chi connectivity index (χ4n) is 2.34. The summed E-state index contributed by atoms with van der Waals surface area (Å²) in [6.45, 7) is -0.710. The fraction of sp³-hybridized carbons (Fsp3) is 0.150. The first-order valence-electron chi connectivity index (χ1n) is 8.30. The molecule has 1 amide bonds. The standard InChI is InChI=1S/C20H18N2O5/c23-11-17(22-18(24)14-7-3-1-4-8-14)20(25)27-13-16-12-26-19(21-16)15-9-5-2-6-10-15/h1-10,12,17,23H,11,13H2,(H,22,24). The minimum atomic E-state index is -1.17. The summed E-state index contributed by atoms with van der Waals surface area (Å²) in [6, 6.07) is 16.5. The Labute approximate surface area is 155 Å². The SMILES string of the molecule is O=C(NC(CO)C(=O)OCc1coc(-c2ccccc2)n1)c1ccccc1. The van der Waals surface area contributed by atoms with Crippen molar-refractivity contribution >= 4 is 11.9 Å². The molecule has 2 aromatic carbocycles. The maximum absolute atomic E-state index is 12.1. The average molecular weight is 366 g/mol. The predicted molar refractivity (Wildman–Crippen MR) is 96.5 cm³/mol. The van der Waals surface area contributed by atoms with E-state index in [0.29, 0.717) is 17.1 Å². The Balaban J connectivity index is 1.56. The Hall–Kier alpha value is -3.45. The van der Waals surface area contributed by atoms with E-state index in [1.54, 1.807) is 30.3 Å². The van der Waals surface area contributed by atoms with E-state index in [9.17, 15) is 14.7 Å². The number of aliphatic hydroxyl groups excluding tert-OH is 1. The molecule has 0 fully saturated rings. The Bertz CT molecular complexity index is 893. The van der Waals surface area contributed by atoms with Crippen LogP contribution in [0.3, 0.4) is 0 Å². The van der Waals surface area contributed by atoms with Gasteiger partial charge in [-0.05, 0) is 24.3 Å². The van der Waals surface area contributed by atoms with Crippen molar-refractivity contribution in [2.45, 2.75) is 12.6 Å². The van der Waals surface area contributed by atoms with Gasteiger partial charge in [0.2, 0.25) is 5.89 Å². The van der Waals surface area contributed by atoms with Gasteiger partial charge in [-0.25, -0.2) is 9.78 Å². The van der Waals surface area contributed by atoms with Crippen LogP contribution in [0.2, 0.25) is 0 Å². The van der Waals surface area contributed by atoms with E-state index >= 15 is 0 Å². The van der Waals surface area contributed by atoms with Crippen molar-refractivity contribution in [1.29, 1.82) is 0 Å². The smallest absolute Gasteiger partial charge is 0.331 e. The van der Waals surface area contributed by atoms with Gasteiger partial charge in [0.25, 0.3) is 5.91 Å². The molecule has 0 spiro atoms. The van der Waals surface area contributed by atoms with Gasteiger partial charge in [0.15, 0.2) is 6.04 Å². The third-order valence-electron chi connectivity index (χ3n) is 3.74. The lowest BCUT2D eigenvalue weighted by molar-refractivity contribution is -0.148. The molecule has 3 aromatic rings. The normalized spacial score (nSPS) is 11.6. The maximum Gasteiger partial charge on any atom is 0.331 e. The van der Waals surface area contributed by atoms with Crippen LogP contribution in [-0.2, 0) is 16.1 Å². The van der Waals surface area contributed by atoms with E-state index in [4.69, 9.17) is 9.15 Å². The highest BCUT2D eigenvalue weighted by Gasteiger charge is 2.22. The molecule has 3 rings (SSSR count). The van der Waals surface area contributed by atoms with Crippen LogP contribution in [0.25, 0.3) is 11.5 Å². The fourth-order valence-corrected chi connectivity index (χ4v) is 2.34. The molecule has 27 heavy (non-hydrogen) atoms. The van der Waals surface area contributed by atoms with Crippen molar-refractivity contribution in [3.63, 3.8) is 0 Å². The Morgan fingerprint density at radius 1 is 1.07 bits per heavy atom. The highest BCUT2D eigenvalue weighted by molar-refractivity contribution is 5.96. The number of nitrogens with zero attached hydrogens (tertiary/aromatic N) is 1. The number of carbonyl (C=O) groups excluding carboxylic acids is 2. The first kappa shape index (κ1) is 18.3. The zero-order valence-electron chi connectivity index (χ0n) is 14.4. The van der Waals surface area contributed by atoms with E-state index in [0.717, 1.165) is 5.56 Å². The lowest BCUT2D eigenvalue weighted by Crippen LogP contribution is -2.44. The maximum atomic E-state index is 12.1. The number of hydrogen-bond donors (Lipinski definition) is 2. The number of hydrogen-bond acceptors (Lipinski definition) is 6. The molecule has 0 bridgehead atoms. The second-order valence-electron chi connectivity index (χ2n) is 5.69. The topological polar surface area (TPSA) is 102 Å². The third kappa shape index (κ3) is 4.80. The molecule has 1 atom stereocenters. The minimum Gasteiger partial charge on any atom is -0.457 e. The van der Waals surface area contributed by atoms with Crippen LogP contribution < -0.4 is 5.32 Å². The molecule has 0 saturated heterocycles. The van der Waals surface area contributed by atoms with Gasteiger partial charge in [-0.15, -0.1) is 0 Å². The van der Waals surface area contributed by atoms with Gasteiger partial charge in [-0.1, -0.05) is 36.4 Å². The molecular weight excluding hydrogens is 348 g/mol. The van der Waals surface area contributed by atoms with Gasteiger partial charge in [-0.3, -0.25) is 4.79 Å². The highest BCUT2D eigenvalue weighted by atomic mass is 16.5. The molecule has 0 radical (unpaired) electrons. The average Bonchev–Trinajstić information content (AvgIpc) is 3.20. The van der Waals surface area contributed by atoms with E-state index in [1.165, 1.54) is 6.26 Å². The molecule has 1 unspecified atom stereocenters. The summed E-state index contributed by atoms with van der Waals surface area (Å²) in [5.74, 6) is -0.817. The Morgan fingerprint density at radius 3 is 2.41 bits per heavy atom. The molecule has 0 aliphatic rings. The highest BCUT2D eigenvalue weighted by Crippen LogP contribution is 2.18. The molecular formula is C20H18N2O5. The Kier molecular flexibility index (Phi) is 5.96. The number of amides is 1. The van der Waals surface area contributed by atoms with Crippen molar-refractivity contribution in [2.24, 2.45) is 0 Å². The van der Waals surface area contributed by atoms with Gasteiger partial charge in [-0.2, -0.15) is 0 Å². The van der Waals surface area contributed by atoms with Gasteiger partial charge >= 0.3 is 5.97 Å². The molecule has 2 N–H and O–H groups in total. The van der Waals surface area contributed by atoms with Crippen LogP contribution in [0.4, 0.5) is 0 Å². The zero-order chi connectivity index (χ0) is 19.1. The largest absolute Gasteiger partial charge is 0.457 e. The van der Waals surface area contributed by atoms with E-state index in [1.807, 2.05) is 30.3 Å². The zero-order valence-corrected chi connectivity index (χ0v) is 14.4. The second kappa shape index (κ2) is 8.77. The molecule has 0 aliphatic carbocycles. The van der Waals surface area contributed by atoms with Crippen LogP contribution in [0.15, 0.2) is 71.3 Å². The summed E-state index contributed by atoms with van der Waals surface area (Å²) in [5, 5.41) is 11.8. The van der Waals surface area contributed by atoms with Crippen LogP contribution in [0.1, 0.15) is 16.1 Å². The number of oxazole rings is 1. The van der Waals surface area contributed by atoms with Gasteiger partial charge in [0, 0.05) is 11.1 Å². The number of carbonyl (C=O) groups is 2. The predicted octanol–water partition coefficient (Wildman–Crippen LogP) is 2.18. The molecule has 138 valence electrons. The summed E-state index contributed by atoms with van der Waals surface area (Å²) in [7, 11) is 0. The number of aromatic nitrogens is 1. The number of ether oxygens (including phenoxy) is 1. The quantitative estimate of drug-likeness (QED) is 0.622. The van der Waals surface area contributed by atoms with Crippen molar-refractivity contribution in [3.05, 3.63) is 78.2 Å². The summed E-state index contributed by atoms with van der Waals surface area (Å²) in [6.07, 6.45) is 1.39. The summed E-state index contributed by atoms with van der Waals surface area (Å²) in [4.78, 5) is 28.5. The van der Waals surface area contributed by atoms with Crippen molar-refractivity contribution in [2.75, 3.05) is 6.61 Å². The molecule has 1 heterocycles. The number of esters is 1. The minimum absolute atomic E-state index is 0.132. The van der Waals surface area contributed by atoms with Gasteiger partial charge < -0.3 is 19.6 Å². The van der Waals surface area contributed by atoms with E-state index < -0.39 is 24.5 Å². The molecule has 1 aromatic heterocycles. The number of nitrogens with one attached hydrogen (secondary N) is 1. The second-order valence-corrected chi connectivity index (χ2v) is 5.69. The summed E-state index contributed by atoms with van der Waals surface area (Å²) >= 11 is 0. The third-order valence-corrected chi connectivity index (χ3v) is 3.74. The first-order chi connectivity index (χ1) is 13.2. The summed E-state index contributed by atoms with van der Waals surface area (Å²) in [5.41, 5.74) is 1.61. The monoisotopic (exact) mass is 366 g/mol. The van der Waals surface area contributed by atoms with Crippen LogP contribution in [0.5, 0.6) is 0 Å². The van der Waals surface area contributed by atoms with E-state index in [-0.39, 0.29) is 6.61 Å².